The maximum atomic E-state index is 12.6. The zero-order valence-corrected chi connectivity index (χ0v) is 15.1. The Morgan fingerprint density at radius 1 is 1.08 bits per heavy atom. The first-order valence-electron chi connectivity index (χ1n) is 8.34. The third kappa shape index (κ3) is 5.17. The second kappa shape index (κ2) is 9.39. The fraction of sp³-hybridized carbons (Fsp3) is 0.556. The van der Waals surface area contributed by atoms with Gasteiger partial charge in [0.15, 0.2) is 0 Å². The van der Waals surface area contributed by atoms with Crippen molar-refractivity contribution in [3.8, 4) is 5.75 Å². The van der Waals surface area contributed by atoms with Crippen molar-refractivity contribution in [2.24, 2.45) is 0 Å². The van der Waals surface area contributed by atoms with E-state index < -0.39 is 6.04 Å². The molecule has 1 fully saturated rings. The molecule has 0 radical (unpaired) electrons. The molecule has 2 amide bonds. The van der Waals surface area contributed by atoms with Crippen molar-refractivity contribution in [1.82, 2.24) is 9.80 Å². The highest BCUT2D eigenvalue weighted by molar-refractivity contribution is 5.94. The van der Waals surface area contributed by atoms with Crippen LogP contribution in [0.5, 0.6) is 5.75 Å². The van der Waals surface area contributed by atoms with Crippen LogP contribution in [0.4, 0.5) is 0 Å². The molecule has 1 heterocycles. The lowest BCUT2D eigenvalue weighted by Gasteiger charge is -2.38. The molecular weight excluding hydrogens is 324 g/mol. The SMILES string of the molecule is COCCOCCN1C(=O)CN(Cc2ccc(OC)cc2)C(=O)[C@@H]1C. The first-order chi connectivity index (χ1) is 12.1. The first-order valence-corrected chi connectivity index (χ1v) is 8.34. The van der Waals surface area contributed by atoms with Gasteiger partial charge in [0.1, 0.15) is 18.3 Å². The van der Waals surface area contributed by atoms with E-state index in [0.29, 0.717) is 32.9 Å². The second-order valence-corrected chi connectivity index (χ2v) is 5.91. The molecule has 0 N–H and O–H groups in total. The number of piperazine rings is 1. The third-order valence-corrected chi connectivity index (χ3v) is 4.22. The fourth-order valence-electron chi connectivity index (χ4n) is 2.76. The zero-order chi connectivity index (χ0) is 18.2. The monoisotopic (exact) mass is 350 g/mol. The van der Waals surface area contributed by atoms with E-state index in [9.17, 15) is 9.59 Å². The van der Waals surface area contributed by atoms with Crippen molar-refractivity contribution in [2.45, 2.75) is 19.5 Å². The van der Waals surface area contributed by atoms with Gasteiger partial charge in [-0.05, 0) is 24.6 Å². The molecule has 1 aromatic carbocycles. The van der Waals surface area contributed by atoms with Gasteiger partial charge in [0.05, 0.1) is 26.9 Å². The number of amides is 2. The van der Waals surface area contributed by atoms with Crippen molar-refractivity contribution in [3.05, 3.63) is 29.8 Å². The maximum Gasteiger partial charge on any atom is 0.245 e. The Bertz CT molecular complexity index is 575. The van der Waals surface area contributed by atoms with Crippen molar-refractivity contribution >= 4 is 11.8 Å². The molecule has 7 heteroatoms. The third-order valence-electron chi connectivity index (χ3n) is 4.22. The standard InChI is InChI=1S/C18H26N2O5/c1-14-18(22)19(12-15-4-6-16(24-3)7-5-15)13-17(21)20(14)8-9-25-11-10-23-2/h4-7,14H,8-13H2,1-3H3/t14-/m0/s1. The van der Waals surface area contributed by atoms with Gasteiger partial charge < -0.3 is 24.0 Å². The normalized spacial score (nSPS) is 18.0. The number of methoxy groups -OCH3 is 2. The van der Waals surface area contributed by atoms with Gasteiger partial charge in [-0.15, -0.1) is 0 Å². The Kier molecular flexibility index (Phi) is 7.21. The topological polar surface area (TPSA) is 68.3 Å². The van der Waals surface area contributed by atoms with Gasteiger partial charge in [-0.3, -0.25) is 9.59 Å². The van der Waals surface area contributed by atoms with Crippen LogP contribution >= 0.6 is 0 Å². The molecule has 0 saturated carbocycles. The number of rotatable bonds is 9. The molecule has 0 spiro atoms. The molecule has 25 heavy (non-hydrogen) atoms. The summed E-state index contributed by atoms with van der Waals surface area (Å²) in [5.41, 5.74) is 0.963. The van der Waals surface area contributed by atoms with E-state index in [-0.39, 0.29) is 18.4 Å². The van der Waals surface area contributed by atoms with Gasteiger partial charge in [-0.1, -0.05) is 12.1 Å². The molecule has 0 bridgehead atoms. The second-order valence-electron chi connectivity index (χ2n) is 5.91. The van der Waals surface area contributed by atoms with Crippen LogP contribution in [0.3, 0.4) is 0 Å². The highest BCUT2D eigenvalue weighted by atomic mass is 16.5. The summed E-state index contributed by atoms with van der Waals surface area (Å²) in [5, 5.41) is 0. The zero-order valence-electron chi connectivity index (χ0n) is 15.1. The largest absolute Gasteiger partial charge is 0.497 e. The summed E-state index contributed by atoms with van der Waals surface area (Å²) >= 11 is 0. The Balaban J connectivity index is 1.90. The number of carbonyl (C=O) groups excluding carboxylic acids is 2. The van der Waals surface area contributed by atoms with Crippen LogP contribution in [-0.2, 0) is 25.6 Å². The van der Waals surface area contributed by atoms with E-state index >= 15 is 0 Å². The molecule has 1 saturated heterocycles. The minimum absolute atomic E-state index is 0.0488. The lowest BCUT2D eigenvalue weighted by molar-refractivity contribution is -0.156. The lowest BCUT2D eigenvalue weighted by atomic mass is 10.1. The van der Waals surface area contributed by atoms with Gasteiger partial charge in [-0.2, -0.15) is 0 Å². The van der Waals surface area contributed by atoms with Crippen molar-refractivity contribution in [1.29, 1.82) is 0 Å². The molecule has 0 aliphatic carbocycles. The highest BCUT2D eigenvalue weighted by Crippen LogP contribution is 2.17. The molecule has 1 atom stereocenters. The number of hydrogen-bond donors (Lipinski definition) is 0. The Morgan fingerprint density at radius 3 is 2.44 bits per heavy atom. The van der Waals surface area contributed by atoms with E-state index in [1.807, 2.05) is 24.3 Å². The smallest absolute Gasteiger partial charge is 0.245 e. The Hall–Kier alpha value is -2.12. The van der Waals surface area contributed by atoms with Crippen LogP contribution in [-0.4, -0.2) is 74.8 Å². The van der Waals surface area contributed by atoms with Crippen LogP contribution < -0.4 is 4.74 Å². The van der Waals surface area contributed by atoms with E-state index in [4.69, 9.17) is 14.2 Å². The summed E-state index contributed by atoms with van der Waals surface area (Å²) in [4.78, 5) is 28.2. The molecule has 1 aliphatic heterocycles. The number of benzene rings is 1. The molecule has 1 aliphatic rings. The quantitative estimate of drug-likeness (QED) is 0.620. The van der Waals surface area contributed by atoms with E-state index in [2.05, 4.69) is 0 Å². The molecule has 138 valence electrons. The number of nitrogens with zero attached hydrogens (tertiary/aromatic N) is 2. The lowest BCUT2D eigenvalue weighted by Crippen LogP contribution is -2.59. The van der Waals surface area contributed by atoms with Crippen LogP contribution in [0.1, 0.15) is 12.5 Å². The summed E-state index contributed by atoms with van der Waals surface area (Å²) in [7, 11) is 3.22. The minimum atomic E-state index is -0.481. The van der Waals surface area contributed by atoms with Gasteiger partial charge in [0.25, 0.3) is 0 Å². The minimum Gasteiger partial charge on any atom is -0.497 e. The number of carbonyl (C=O) groups is 2. The van der Waals surface area contributed by atoms with E-state index in [1.54, 1.807) is 30.9 Å². The summed E-state index contributed by atoms with van der Waals surface area (Å²) in [6.07, 6.45) is 0. The van der Waals surface area contributed by atoms with Gasteiger partial charge in [-0.25, -0.2) is 0 Å². The van der Waals surface area contributed by atoms with Gasteiger partial charge in [0.2, 0.25) is 11.8 Å². The maximum absolute atomic E-state index is 12.6. The van der Waals surface area contributed by atoms with Crippen molar-refractivity contribution in [2.75, 3.05) is 47.1 Å². The molecular formula is C18H26N2O5. The molecule has 0 aromatic heterocycles. The summed E-state index contributed by atoms with van der Waals surface area (Å²) in [6.45, 7) is 4.06. The Morgan fingerprint density at radius 2 is 1.80 bits per heavy atom. The van der Waals surface area contributed by atoms with Crippen LogP contribution in [0, 0.1) is 0 Å². The molecule has 0 unspecified atom stereocenters. The summed E-state index contributed by atoms with van der Waals surface area (Å²) in [6, 6.07) is 7.01. The summed E-state index contributed by atoms with van der Waals surface area (Å²) in [5.74, 6) is 0.654. The van der Waals surface area contributed by atoms with Gasteiger partial charge >= 0.3 is 0 Å². The van der Waals surface area contributed by atoms with Crippen molar-refractivity contribution < 1.29 is 23.8 Å². The molecule has 7 nitrogen and oxygen atoms in total. The van der Waals surface area contributed by atoms with Gasteiger partial charge in [0, 0.05) is 20.2 Å². The van der Waals surface area contributed by atoms with E-state index in [0.717, 1.165) is 11.3 Å². The fourth-order valence-corrected chi connectivity index (χ4v) is 2.76. The predicted octanol–water partition coefficient (Wildman–Crippen LogP) is 0.918. The predicted molar refractivity (Wildman–Crippen MR) is 92.3 cm³/mol. The Labute approximate surface area is 148 Å². The van der Waals surface area contributed by atoms with E-state index in [1.165, 1.54) is 0 Å². The number of hydrogen-bond acceptors (Lipinski definition) is 5. The van der Waals surface area contributed by atoms with Crippen LogP contribution in [0.15, 0.2) is 24.3 Å². The van der Waals surface area contributed by atoms with Crippen molar-refractivity contribution in [3.63, 3.8) is 0 Å². The average Bonchev–Trinajstić information content (AvgIpc) is 2.62. The molecule has 1 aromatic rings. The molecule has 2 rings (SSSR count). The van der Waals surface area contributed by atoms with Crippen LogP contribution in [0.25, 0.3) is 0 Å². The highest BCUT2D eigenvalue weighted by Gasteiger charge is 2.36. The first kappa shape index (κ1) is 19.2. The summed E-state index contributed by atoms with van der Waals surface area (Å²) < 4.78 is 15.4. The van der Waals surface area contributed by atoms with Crippen LogP contribution in [0.2, 0.25) is 0 Å². The number of ether oxygens (including phenoxy) is 3. The average molecular weight is 350 g/mol.